The number of carboxylic acids is 1. The number of amides is 1. The van der Waals surface area contributed by atoms with Crippen LogP contribution in [-0.4, -0.2) is 54.3 Å². The Hall–Kier alpha value is -2.08. The van der Waals surface area contributed by atoms with E-state index in [1.165, 1.54) is 4.90 Å². The van der Waals surface area contributed by atoms with Gasteiger partial charge in [0, 0.05) is 31.5 Å². The standard InChI is InChI=1S/C17H23NO5/c1-2-18(10-7-16(19)20)17(21)13-3-5-14(6-4-13)23-15-8-11-22-12-9-15/h3-6,15H,2,7-12H2,1H3,(H,19,20). The Kier molecular flexibility index (Phi) is 6.40. The molecule has 0 spiro atoms. The van der Waals surface area contributed by atoms with Crippen molar-refractivity contribution in [3.8, 4) is 5.75 Å². The summed E-state index contributed by atoms with van der Waals surface area (Å²) in [6.07, 6.45) is 1.86. The molecular formula is C17H23NO5. The summed E-state index contributed by atoms with van der Waals surface area (Å²) >= 11 is 0. The molecule has 0 unspecified atom stereocenters. The fourth-order valence-electron chi connectivity index (χ4n) is 2.48. The highest BCUT2D eigenvalue weighted by atomic mass is 16.5. The van der Waals surface area contributed by atoms with Crippen molar-refractivity contribution in [1.82, 2.24) is 4.90 Å². The molecule has 6 heteroatoms. The maximum absolute atomic E-state index is 12.4. The van der Waals surface area contributed by atoms with Gasteiger partial charge >= 0.3 is 5.97 Å². The van der Waals surface area contributed by atoms with Gasteiger partial charge in [0.2, 0.25) is 0 Å². The molecular weight excluding hydrogens is 298 g/mol. The van der Waals surface area contributed by atoms with E-state index in [0.29, 0.717) is 12.1 Å². The molecule has 1 fully saturated rings. The number of carboxylic acid groups (broad SMARTS) is 1. The van der Waals surface area contributed by atoms with E-state index in [0.717, 1.165) is 31.8 Å². The van der Waals surface area contributed by atoms with Gasteiger partial charge in [0.15, 0.2) is 0 Å². The topological polar surface area (TPSA) is 76.1 Å². The Morgan fingerprint density at radius 3 is 2.48 bits per heavy atom. The van der Waals surface area contributed by atoms with Gasteiger partial charge in [-0.05, 0) is 31.2 Å². The quantitative estimate of drug-likeness (QED) is 0.833. The van der Waals surface area contributed by atoms with Gasteiger partial charge in [-0.1, -0.05) is 0 Å². The molecule has 0 aromatic heterocycles. The van der Waals surface area contributed by atoms with Crippen LogP contribution in [0.5, 0.6) is 5.75 Å². The van der Waals surface area contributed by atoms with Gasteiger partial charge in [-0.25, -0.2) is 0 Å². The minimum absolute atomic E-state index is 0.0511. The summed E-state index contributed by atoms with van der Waals surface area (Å²) < 4.78 is 11.2. The van der Waals surface area contributed by atoms with E-state index in [1.807, 2.05) is 6.92 Å². The zero-order valence-corrected chi connectivity index (χ0v) is 13.4. The zero-order chi connectivity index (χ0) is 16.7. The number of hydrogen-bond donors (Lipinski definition) is 1. The zero-order valence-electron chi connectivity index (χ0n) is 13.4. The largest absolute Gasteiger partial charge is 0.490 e. The highest BCUT2D eigenvalue weighted by molar-refractivity contribution is 5.94. The first-order valence-electron chi connectivity index (χ1n) is 7.95. The molecule has 0 atom stereocenters. The van der Waals surface area contributed by atoms with Crippen molar-refractivity contribution < 1.29 is 24.2 Å². The Morgan fingerprint density at radius 2 is 1.91 bits per heavy atom. The van der Waals surface area contributed by atoms with Crippen molar-refractivity contribution in [2.45, 2.75) is 32.3 Å². The third-order valence-electron chi connectivity index (χ3n) is 3.84. The molecule has 1 aromatic carbocycles. The minimum atomic E-state index is -0.906. The van der Waals surface area contributed by atoms with Crippen molar-refractivity contribution in [2.75, 3.05) is 26.3 Å². The fraction of sp³-hybridized carbons (Fsp3) is 0.529. The second-order valence-corrected chi connectivity index (χ2v) is 5.48. The van der Waals surface area contributed by atoms with E-state index < -0.39 is 5.97 Å². The second-order valence-electron chi connectivity index (χ2n) is 5.48. The Balaban J connectivity index is 1.94. The summed E-state index contributed by atoms with van der Waals surface area (Å²) in [5.41, 5.74) is 0.538. The van der Waals surface area contributed by atoms with Crippen LogP contribution in [0.15, 0.2) is 24.3 Å². The first-order chi connectivity index (χ1) is 11.1. The monoisotopic (exact) mass is 321 g/mol. The first-order valence-corrected chi connectivity index (χ1v) is 7.95. The van der Waals surface area contributed by atoms with Crippen LogP contribution in [0.1, 0.15) is 36.5 Å². The molecule has 1 amide bonds. The second kappa shape index (κ2) is 8.53. The predicted octanol–water partition coefficient (Wildman–Crippen LogP) is 2.18. The molecule has 1 saturated heterocycles. The van der Waals surface area contributed by atoms with Gasteiger partial charge in [0.1, 0.15) is 11.9 Å². The van der Waals surface area contributed by atoms with Crippen LogP contribution in [0.2, 0.25) is 0 Å². The summed E-state index contributed by atoms with van der Waals surface area (Å²) in [5, 5.41) is 8.74. The molecule has 0 saturated carbocycles. The van der Waals surface area contributed by atoms with Crippen LogP contribution in [0, 0.1) is 0 Å². The van der Waals surface area contributed by atoms with Crippen molar-refractivity contribution >= 4 is 11.9 Å². The van der Waals surface area contributed by atoms with E-state index in [4.69, 9.17) is 14.6 Å². The van der Waals surface area contributed by atoms with Gasteiger partial charge in [-0.2, -0.15) is 0 Å². The normalized spacial score (nSPS) is 15.2. The van der Waals surface area contributed by atoms with Gasteiger partial charge < -0.3 is 19.5 Å². The van der Waals surface area contributed by atoms with Crippen LogP contribution >= 0.6 is 0 Å². The highest BCUT2D eigenvalue weighted by Crippen LogP contribution is 2.19. The smallest absolute Gasteiger partial charge is 0.305 e. The van der Waals surface area contributed by atoms with Gasteiger partial charge in [0.25, 0.3) is 5.91 Å². The lowest BCUT2D eigenvalue weighted by atomic mass is 10.1. The number of carbonyl (C=O) groups excluding carboxylic acids is 1. The molecule has 23 heavy (non-hydrogen) atoms. The summed E-state index contributed by atoms with van der Waals surface area (Å²) in [7, 11) is 0. The van der Waals surface area contributed by atoms with Crippen LogP contribution < -0.4 is 4.74 Å². The maximum Gasteiger partial charge on any atom is 0.305 e. The Morgan fingerprint density at radius 1 is 1.26 bits per heavy atom. The lowest BCUT2D eigenvalue weighted by Gasteiger charge is -2.23. The van der Waals surface area contributed by atoms with Gasteiger partial charge in [-0.15, -0.1) is 0 Å². The average Bonchev–Trinajstić information content (AvgIpc) is 2.56. The van der Waals surface area contributed by atoms with Crippen molar-refractivity contribution in [3.05, 3.63) is 29.8 Å². The van der Waals surface area contributed by atoms with E-state index in [1.54, 1.807) is 24.3 Å². The van der Waals surface area contributed by atoms with Crippen LogP contribution in [-0.2, 0) is 9.53 Å². The fourth-order valence-corrected chi connectivity index (χ4v) is 2.48. The van der Waals surface area contributed by atoms with E-state index in [-0.39, 0.29) is 25.0 Å². The van der Waals surface area contributed by atoms with E-state index in [2.05, 4.69) is 0 Å². The average molecular weight is 321 g/mol. The Labute approximate surface area is 136 Å². The lowest BCUT2D eigenvalue weighted by Crippen LogP contribution is -2.32. The number of nitrogens with zero attached hydrogens (tertiary/aromatic N) is 1. The number of aliphatic carboxylic acids is 1. The molecule has 1 aliphatic heterocycles. The van der Waals surface area contributed by atoms with Crippen LogP contribution in [0.4, 0.5) is 0 Å². The number of carbonyl (C=O) groups is 2. The number of benzene rings is 1. The lowest BCUT2D eigenvalue weighted by molar-refractivity contribution is -0.137. The molecule has 126 valence electrons. The van der Waals surface area contributed by atoms with Crippen molar-refractivity contribution in [1.29, 1.82) is 0 Å². The highest BCUT2D eigenvalue weighted by Gasteiger charge is 2.17. The van der Waals surface area contributed by atoms with E-state index in [9.17, 15) is 9.59 Å². The molecule has 0 radical (unpaired) electrons. The van der Waals surface area contributed by atoms with Crippen molar-refractivity contribution in [3.63, 3.8) is 0 Å². The molecule has 1 aromatic rings. The van der Waals surface area contributed by atoms with E-state index >= 15 is 0 Å². The molecule has 2 rings (SSSR count). The van der Waals surface area contributed by atoms with Crippen molar-refractivity contribution in [2.24, 2.45) is 0 Å². The Bertz CT molecular complexity index is 522. The molecule has 0 bridgehead atoms. The number of rotatable bonds is 7. The molecule has 0 aliphatic carbocycles. The summed E-state index contributed by atoms with van der Waals surface area (Å²) in [5.74, 6) is -0.329. The molecule has 1 N–H and O–H groups in total. The number of hydrogen-bond acceptors (Lipinski definition) is 4. The van der Waals surface area contributed by atoms with Crippen LogP contribution in [0.3, 0.4) is 0 Å². The SMILES string of the molecule is CCN(CCC(=O)O)C(=O)c1ccc(OC2CCOCC2)cc1. The number of ether oxygens (including phenoxy) is 2. The molecule has 1 heterocycles. The van der Waals surface area contributed by atoms with Gasteiger partial charge in [0.05, 0.1) is 19.6 Å². The van der Waals surface area contributed by atoms with Crippen LogP contribution in [0.25, 0.3) is 0 Å². The summed E-state index contributed by atoms with van der Waals surface area (Å²) in [4.78, 5) is 24.5. The third-order valence-corrected chi connectivity index (χ3v) is 3.84. The predicted molar refractivity (Wildman–Crippen MR) is 84.7 cm³/mol. The minimum Gasteiger partial charge on any atom is -0.490 e. The molecule has 1 aliphatic rings. The first kappa shape index (κ1) is 17.3. The summed E-state index contributed by atoms with van der Waals surface area (Å²) in [6.45, 7) is 3.96. The van der Waals surface area contributed by atoms with Gasteiger partial charge in [-0.3, -0.25) is 9.59 Å². The molecule has 6 nitrogen and oxygen atoms in total. The summed E-state index contributed by atoms with van der Waals surface area (Å²) in [6, 6.07) is 7.02. The maximum atomic E-state index is 12.4. The third kappa shape index (κ3) is 5.25.